The lowest BCUT2D eigenvalue weighted by molar-refractivity contribution is -0.130. The Bertz CT molecular complexity index is 771. The summed E-state index contributed by atoms with van der Waals surface area (Å²) in [6.45, 7) is 2.06. The number of benzene rings is 1. The molecule has 3 fully saturated rings. The van der Waals surface area contributed by atoms with Crippen LogP contribution in [0.5, 0.6) is 0 Å². The van der Waals surface area contributed by atoms with Gasteiger partial charge in [-0.1, -0.05) is 0 Å². The van der Waals surface area contributed by atoms with E-state index in [9.17, 15) is 9.18 Å². The number of fused-ring (bicyclic) bond motifs is 1. The van der Waals surface area contributed by atoms with E-state index in [0.29, 0.717) is 23.4 Å². The molecule has 26 heavy (non-hydrogen) atoms. The van der Waals surface area contributed by atoms with Crippen LogP contribution in [0.25, 0.3) is 0 Å². The minimum atomic E-state index is -1.09. The Morgan fingerprint density at radius 2 is 1.88 bits per heavy atom. The van der Waals surface area contributed by atoms with E-state index in [1.807, 2.05) is 30.3 Å². The highest BCUT2D eigenvalue weighted by molar-refractivity contribution is 5.79. The topological polar surface area (TPSA) is 83.2 Å². The standard InChI is InChI=1S/C19H20FN5O/c20-13-5-15(7-22)25(9-13)18(26)8-23-19-16-10-24(11-17(16)19)14-3-1-12(6-21)2-4-14/h1-4,13,15-17,19,23H,5,8-11H2/t13-,15-,16-,17+,19?/m0/s1. The number of likely N-dealkylation sites (tertiary alicyclic amines) is 1. The van der Waals surface area contributed by atoms with Crippen LogP contribution in [0.4, 0.5) is 10.1 Å². The average molecular weight is 353 g/mol. The van der Waals surface area contributed by atoms with E-state index < -0.39 is 12.2 Å². The van der Waals surface area contributed by atoms with E-state index in [4.69, 9.17) is 10.5 Å². The van der Waals surface area contributed by atoms with Gasteiger partial charge in [-0.05, 0) is 36.1 Å². The van der Waals surface area contributed by atoms with Crippen molar-refractivity contribution in [2.75, 3.05) is 31.1 Å². The molecule has 1 amide bonds. The summed E-state index contributed by atoms with van der Waals surface area (Å²) < 4.78 is 13.4. The fourth-order valence-electron chi connectivity index (χ4n) is 4.28. The van der Waals surface area contributed by atoms with Crippen molar-refractivity contribution in [1.82, 2.24) is 10.2 Å². The van der Waals surface area contributed by atoms with Crippen LogP contribution in [0.15, 0.2) is 24.3 Å². The second-order valence-corrected chi connectivity index (χ2v) is 7.32. The number of hydrogen-bond acceptors (Lipinski definition) is 5. The normalized spacial score (nSPS) is 32.0. The van der Waals surface area contributed by atoms with E-state index >= 15 is 0 Å². The minimum Gasteiger partial charge on any atom is -0.371 e. The third-order valence-electron chi connectivity index (χ3n) is 5.76. The van der Waals surface area contributed by atoms with Crippen molar-refractivity contribution in [1.29, 1.82) is 10.5 Å². The van der Waals surface area contributed by atoms with Gasteiger partial charge < -0.3 is 15.1 Å². The fourth-order valence-corrected chi connectivity index (χ4v) is 4.28. The van der Waals surface area contributed by atoms with Crippen LogP contribution in [-0.2, 0) is 4.79 Å². The molecule has 0 spiro atoms. The van der Waals surface area contributed by atoms with Crippen molar-refractivity contribution in [2.45, 2.75) is 24.7 Å². The Kier molecular flexibility index (Phi) is 4.26. The van der Waals surface area contributed by atoms with E-state index in [1.54, 1.807) is 0 Å². The summed E-state index contributed by atoms with van der Waals surface area (Å²) in [5.41, 5.74) is 1.78. The molecule has 5 atom stereocenters. The van der Waals surface area contributed by atoms with Gasteiger partial charge in [0.1, 0.15) is 12.2 Å². The zero-order chi connectivity index (χ0) is 18.3. The maximum Gasteiger partial charge on any atom is 0.237 e. The highest BCUT2D eigenvalue weighted by atomic mass is 19.1. The summed E-state index contributed by atoms with van der Waals surface area (Å²) >= 11 is 0. The molecule has 1 saturated carbocycles. The van der Waals surface area contributed by atoms with Gasteiger partial charge in [0, 0.05) is 31.2 Å². The van der Waals surface area contributed by atoms with E-state index in [1.165, 1.54) is 4.90 Å². The van der Waals surface area contributed by atoms with Gasteiger partial charge >= 0.3 is 0 Å². The average Bonchev–Trinajstić information content (AvgIpc) is 3.00. The monoisotopic (exact) mass is 353 g/mol. The van der Waals surface area contributed by atoms with Crippen molar-refractivity contribution in [3.8, 4) is 12.1 Å². The molecule has 1 aliphatic carbocycles. The molecule has 1 unspecified atom stereocenters. The Labute approximate surface area is 151 Å². The van der Waals surface area contributed by atoms with Crippen LogP contribution < -0.4 is 10.2 Å². The van der Waals surface area contributed by atoms with Crippen LogP contribution >= 0.6 is 0 Å². The number of nitrogens with zero attached hydrogens (tertiary/aromatic N) is 4. The van der Waals surface area contributed by atoms with Gasteiger partial charge in [0.05, 0.1) is 30.8 Å². The van der Waals surface area contributed by atoms with Crippen LogP contribution in [0, 0.1) is 34.5 Å². The van der Waals surface area contributed by atoms with Crippen molar-refractivity contribution < 1.29 is 9.18 Å². The number of alkyl halides is 1. The van der Waals surface area contributed by atoms with Gasteiger partial charge in [-0.25, -0.2) is 4.39 Å². The maximum absolute atomic E-state index is 13.4. The molecule has 1 aromatic carbocycles. The first kappa shape index (κ1) is 16.8. The molecule has 0 bridgehead atoms. The zero-order valence-corrected chi connectivity index (χ0v) is 14.3. The van der Waals surface area contributed by atoms with Gasteiger partial charge in [-0.2, -0.15) is 10.5 Å². The zero-order valence-electron chi connectivity index (χ0n) is 14.3. The van der Waals surface area contributed by atoms with E-state index in [0.717, 1.165) is 18.8 Å². The maximum atomic E-state index is 13.4. The number of amides is 1. The number of anilines is 1. The molecule has 4 rings (SSSR count). The van der Waals surface area contributed by atoms with Crippen molar-refractivity contribution in [3.05, 3.63) is 29.8 Å². The summed E-state index contributed by atoms with van der Waals surface area (Å²) in [6.07, 6.45) is -0.971. The summed E-state index contributed by atoms with van der Waals surface area (Å²) in [5.74, 6) is 0.834. The number of nitriles is 2. The number of halogens is 1. The second-order valence-electron chi connectivity index (χ2n) is 7.32. The molecule has 6 nitrogen and oxygen atoms in total. The largest absolute Gasteiger partial charge is 0.371 e. The number of hydrogen-bond donors (Lipinski definition) is 1. The highest BCUT2D eigenvalue weighted by Gasteiger charge is 2.55. The van der Waals surface area contributed by atoms with Crippen LogP contribution in [0.2, 0.25) is 0 Å². The predicted molar refractivity (Wildman–Crippen MR) is 92.8 cm³/mol. The van der Waals surface area contributed by atoms with E-state index in [-0.39, 0.29) is 25.4 Å². The van der Waals surface area contributed by atoms with Gasteiger partial charge in [-0.3, -0.25) is 4.79 Å². The minimum absolute atomic E-state index is 0.0305. The predicted octanol–water partition coefficient (Wildman–Crippen LogP) is 1.05. The quantitative estimate of drug-likeness (QED) is 0.875. The molecule has 2 saturated heterocycles. The molecule has 134 valence electrons. The SMILES string of the molecule is N#Cc1ccc(N2C[C@@H]3C(NCC(=O)N4C[C@@H](F)C[C@H]4C#N)[C@@H]3C2)cc1. The molecule has 2 heterocycles. The number of carbonyl (C=O) groups excluding carboxylic acids is 1. The van der Waals surface area contributed by atoms with Crippen molar-refractivity contribution in [2.24, 2.45) is 11.8 Å². The Balaban J connectivity index is 1.25. The third-order valence-corrected chi connectivity index (χ3v) is 5.76. The summed E-state index contributed by atoms with van der Waals surface area (Å²) in [4.78, 5) is 15.9. The Hall–Kier alpha value is -2.64. The summed E-state index contributed by atoms with van der Waals surface area (Å²) in [5, 5.41) is 21.2. The lowest BCUT2D eigenvalue weighted by Crippen LogP contribution is -2.42. The smallest absolute Gasteiger partial charge is 0.237 e. The second kappa shape index (κ2) is 6.59. The van der Waals surface area contributed by atoms with E-state index in [2.05, 4.69) is 16.3 Å². The molecule has 2 aliphatic heterocycles. The van der Waals surface area contributed by atoms with Gasteiger partial charge in [0.2, 0.25) is 5.91 Å². The highest BCUT2D eigenvalue weighted by Crippen LogP contribution is 2.46. The molecule has 0 radical (unpaired) electrons. The van der Waals surface area contributed by atoms with Gasteiger partial charge in [0.25, 0.3) is 0 Å². The molecule has 7 heteroatoms. The molecule has 1 N–H and O–H groups in total. The van der Waals surface area contributed by atoms with Crippen molar-refractivity contribution in [3.63, 3.8) is 0 Å². The van der Waals surface area contributed by atoms with Gasteiger partial charge in [-0.15, -0.1) is 0 Å². The molecule has 0 aromatic heterocycles. The van der Waals surface area contributed by atoms with Gasteiger partial charge in [0.15, 0.2) is 0 Å². The lowest BCUT2D eigenvalue weighted by atomic mass is 10.2. The molecular weight excluding hydrogens is 333 g/mol. The first-order valence-corrected chi connectivity index (χ1v) is 8.92. The molecule has 1 aromatic rings. The summed E-state index contributed by atoms with van der Waals surface area (Å²) in [6, 6.07) is 11.4. The number of nitrogens with one attached hydrogen (secondary N) is 1. The van der Waals surface area contributed by atoms with Crippen LogP contribution in [-0.4, -0.2) is 55.2 Å². The number of rotatable bonds is 4. The number of carbonyl (C=O) groups is 1. The van der Waals surface area contributed by atoms with Crippen molar-refractivity contribution >= 4 is 11.6 Å². The van der Waals surface area contributed by atoms with Crippen LogP contribution in [0.1, 0.15) is 12.0 Å². The fraction of sp³-hybridized carbons (Fsp3) is 0.526. The number of piperidine rings is 1. The first-order chi connectivity index (χ1) is 12.6. The summed E-state index contributed by atoms with van der Waals surface area (Å²) in [7, 11) is 0. The Morgan fingerprint density at radius 1 is 1.19 bits per heavy atom. The molecule has 3 aliphatic rings. The van der Waals surface area contributed by atoms with Crippen LogP contribution in [0.3, 0.4) is 0 Å². The Morgan fingerprint density at radius 3 is 2.50 bits per heavy atom. The molecular formula is C19H20FN5O. The lowest BCUT2D eigenvalue weighted by Gasteiger charge is -2.23. The third kappa shape index (κ3) is 3.00. The first-order valence-electron chi connectivity index (χ1n) is 8.92.